The van der Waals surface area contributed by atoms with E-state index in [0.717, 1.165) is 30.7 Å². The number of amides is 2. The summed E-state index contributed by atoms with van der Waals surface area (Å²) in [7, 11) is 8.07. The highest BCUT2D eigenvalue weighted by atomic mass is 16.5. The maximum Gasteiger partial charge on any atom is 0.309 e. The Balaban J connectivity index is 1.86. The third kappa shape index (κ3) is 5.71. The van der Waals surface area contributed by atoms with Gasteiger partial charge >= 0.3 is 11.8 Å². The predicted molar refractivity (Wildman–Crippen MR) is 101 cm³/mol. The Labute approximate surface area is 155 Å². The first-order chi connectivity index (χ1) is 12.4. The summed E-state index contributed by atoms with van der Waals surface area (Å²) in [6, 6.07) is 8.32. The molecule has 0 saturated carbocycles. The molecule has 0 bridgehead atoms. The summed E-state index contributed by atoms with van der Waals surface area (Å²) < 4.78 is 5.44. The van der Waals surface area contributed by atoms with Gasteiger partial charge in [-0.3, -0.25) is 9.59 Å². The highest BCUT2D eigenvalue weighted by molar-refractivity contribution is 6.35. The van der Waals surface area contributed by atoms with E-state index in [-0.39, 0.29) is 12.1 Å². The van der Waals surface area contributed by atoms with Crippen molar-refractivity contribution in [3.8, 4) is 0 Å². The van der Waals surface area contributed by atoms with Crippen LogP contribution in [0.5, 0.6) is 0 Å². The van der Waals surface area contributed by atoms with E-state index in [1.165, 1.54) is 4.90 Å². The average Bonchev–Trinajstić information content (AvgIpc) is 3.13. The van der Waals surface area contributed by atoms with Gasteiger partial charge in [-0.25, -0.2) is 0 Å². The second-order valence-electron chi connectivity index (χ2n) is 7.17. The van der Waals surface area contributed by atoms with Crippen LogP contribution in [0.25, 0.3) is 0 Å². The molecule has 0 aromatic heterocycles. The monoisotopic (exact) mass is 363 g/mol. The molecule has 0 spiro atoms. The maximum absolute atomic E-state index is 12.1. The molecule has 1 saturated heterocycles. The molecule has 0 aliphatic carbocycles. The van der Waals surface area contributed by atoms with E-state index in [0.29, 0.717) is 13.1 Å². The molecule has 1 aliphatic heterocycles. The minimum Gasteiger partial charge on any atom is -0.378 e. The zero-order valence-corrected chi connectivity index (χ0v) is 16.2. The predicted octanol–water partition coefficient (Wildman–Crippen LogP) is -0.650. The summed E-state index contributed by atoms with van der Waals surface area (Å²) >= 11 is 0. The van der Waals surface area contributed by atoms with Crippen molar-refractivity contribution in [3.63, 3.8) is 0 Å². The highest BCUT2D eigenvalue weighted by Gasteiger charge is 2.22. The van der Waals surface area contributed by atoms with Crippen molar-refractivity contribution in [1.29, 1.82) is 0 Å². The van der Waals surface area contributed by atoms with Gasteiger partial charge in [0.1, 0.15) is 6.04 Å². The molecule has 1 aromatic rings. The van der Waals surface area contributed by atoms with Gasteiger partial charge in [0.25, 0.3) is 0 Å². The molecule has 0 unspecified atom stereocenters. The van der Waals surface area contributed by atoms with Crippen LogP contribution in [-0.4, -0.2) is 65.8 Å². The minimum atomic E-state index is -0.601. The van der Waals surface area contributed by atoms with E-state index >= 15 is 0 Å². The Morgan fingerprint density at radius 3 is 2.38 bits per heavy atom. The van der Waals surface area contributed by atoms with Gasteiger partial charge in [-0.1, -0.05) is 12.1 Å². The third-order valence-corrected chi connectivity index (χ3v) is 4.70. The van der Waals surface area contributed by atoms with Crippen molar-refractivity contribution in [2.24, 2.45) is 0 Å². The van der Waals surface area contributed by atoms with Gasteiger partial charge in [-0.2, -0.15) is 0 Å². The molecular formula is C19H31N4O3+. The minimum absolute atomic E-state index is 0.0286. The molecule has 1 heterocycles. The molecule has 144 valence electrons. The van der Waals surface area contributed by atoms with Crippen molar-refractivity contribution in [3.05, 3.63) is 29.8 Å². The number of anilines is 1. The molecule has 1 aromatic carbocycles. The van der Waals surface area contributed by atoms with Crippen LogP contribution < -0.4 is 20.4 Å². The first-order valence-electron chi connectivity index (χ1n) is 9.13. The third-order valence-electron chi connectivity index (χ3n) is 4.70. The lowest BCUT2D eigenvalue weighted by Crippen LogP contribution is -3.07. The molecule has 26 heavy (non-hydrogen) atoms. The first-order valence-corrected chi connectivity index (χ1v) is 9.13. The SMILES string of the molecule is CN(C)c1ccc([C@H](CNC(=O)C(=O)NC[C@H]2CCCO2)[NH+](C)C)cc1. The number of carbonyl (C=O) groups is 2. The largest absolute Gasteiger partial charge is 0.378 e. The van der Waals surface area contributed by atoms with Gasteiger partial charge < -0.3 is 25.2 Å². The number of hydrogen-bond acceptors (Lipinski definition) is 4. The number of benzene rings is 1. The standard InChI is InChI=1S/C19H30N4O3/c1-22(2)15-9-7-14(8-10-15)17(23(3)4)13-21-19(25)18(24)20-12-16-6-5-11-26-16/h7-10,16-17H,5-6,11-13H2,1-4H3,(H,20,24)(H,21,25)/p+1/t16-,17+/m1/s1. The molecule has 3 N–H and O–H groups in total. The first kappa shape index (κ1) is 20.2. The van der Waals surface area contributed by atoms with E-state index in [1.807, 2.05) is 33.1 Å². The van der Waals surface area contributed by atoms with Crippen LogP contribution in [0, 0.1) is 0 Å². The smallest absolute Gasteiger partial charge is 0.309 e. The molecular weight excluding hydrogens is 332 g/mol. The summed E-state index contributed by atoms with van der Waals surface area (Å²) in [5.74, 6) is -1.20. The highest BCUT2D eigenvalue weighted by Crippen LogP contribution is 2.16. The van der Waals surface area contributed by atoms with Crippen molar-refractivity contribution in [2.75, 3.05) is 52.8 Å². The lowest BCUT2D eigenvalue weighted by Gasteiger charge is -2.23. The van der Waals surface area contributed by atoms with Crippen molar-refractivity contribution in [2.45, 2.75) is 25.0 Å². The Bertz CT molecular complexity index is 595. The number of nitrogens with zero attached hydrogens (tertiary/aromatic N) is 1. The molecule has 2 atom stereocenters. The number of nitrogens with one attached hydrogen (secondary N) is 3. The van der Waals surface area contributed by atoms with Crippen molar-refractivity contribution < 1.29 is 19.2 Å². The van der Waals surface area contributed by atoms with E-state index in [2.05, 4.69) is 34.9 Å². The molecule has 7 heteroatoms. The number of rotatable bonds is 7. The Morgan fingerprint density at radius 2 is 1.85 bits per heavy atom. The molecule has 1 fully saturated rings. The zero-order valence-electron chi connectivity index (χ0n) is 16.2. The van der Waals surface area contributed by atoms with Crippen LogP contribution in [-0.2, 0) is 14.3 Å². The zero-order chi connectivity index (χ0) is 19.1. The van der Waals surface area contributed by atoms with Gasteiger partial charge in [-0.05, 0) is 25.0 Å². The van der Waals surface area contributed by atoms with Crippen molar-refractivity contribution in [1.82, 2.24) is 10.6 Å². The Kier molecular flexibility index (Phi) is 7.41. The molecule has 2 amide bonds. The van der Waals surface area contributed by atoms with Crippen LogP contribution in [0.15, 0.2) is 24.3 Å². The average molecular weight is 363 g/mol. The van der Waals surface area contributed by atoms with E-state index in [1.54, 1.807) is 0 Å². The summed E-state index contributed by atoms with van der Waals surface area (Å²) in [5, 5.41) is 5.40. The van der Waals surface area contributed by atoms with Gasteiger partial charge in [0.2, 0.25) is 0 Å². The van der Waals surface area contributed by atoms with Gasteiger partial charge in [0, 0.05) is 38.5 Å². The molecule has 2 rings (SSSR count). The fourth-order valence-corrected chi connectivity index (χ4v) is 3.03. The number of likely N-dealkylation sites (N-methyl/N-ethyl adjacent to an activating group) is 1. The summed E-state index contributed by atoms with van der Waals surface area (Å²) in [6.45, 7) is 1.52. The van der Waals surface area contributed by atoms with E-state index in [9.17, 15) is 9.59 Å². The van der Waals surface area contributed by atoms with E-state index in [4.69, 9.17) is 4.74 Å². The van der Waals surface area contributed by atoms with Gasteiger partial charge in [0.15, 0.2) is 0 Å². The maximum atomic E-state index is 12.1. The topological polar surface area (TPSA) is 75.1 Å². The fraction of sp³-hybridized carbons (Fsp3) is 0.579. The molecule has 1 aliphatic rings. The van der Waals surface area contributed by atoms with Crippen LogP contribution in [0.3, 0.4) is 0 Å². The summed E-state index contributed by atoms with van der Waals surface area (Å²) in [5.41, 5.74) is 2.24. The quantitative estimate of drug-likeness (QED) is 0.563. The Morgan fingerprint density at radius 1 is 1.19 bits per heavy atom. The van der Waals surface area contributed by atoms with Crippen LogP contribution in [0.4, 0.5) is 5.69 Å². The van der Waals surface area contributed by atoms with Crippen LogP contribution >= 0.6 is 0 Å². The van der Waals surface area contributed by atoms with Crippen LogP contribution in [0.2, 0.25) is 0 Å². The van der Waals surface area contributed by atoms with Crippen LogP contribution in [0.1, 0.15) is 24.4 Å². The number of hydrogen-bond donors (Lipinski definition) is 3. The summed E-state index contributed by atoms with van der Waals surface area (Å²) in [6.07, 6.45) is 1.96. The van der Waals surface area contributed by atoms with Crippen molar-refractivity contribution >= 4 is 17.5 Å². The molecule has 0 radical (unpaired) electrons. The number of quaternary nitrogens is 1. The second kappa shape index (κ2) is 9.54. The van der Waals surface area contributed by atoms with Gasteiger partial charge in [0.05, 0.1) is 26.7 Å². The lowest BCUT2D eigenvalue weighted by atomic mass is 10.1. The Hall–Kier alpha value is -2.12. The molecule has 7 nitrogen and oxygen atoms in total. The number of carbonyl (C=O) groups excluding carboxylic acids is 2. The second-order valence-corrected chi connectivity index (χ2v) is 7.17. The fourth-order valence-electron chi connectivity index (χ4n) is 3.03. The lowest BCUT2D eigenvalue weighted by molar-refractivity contribution is -0.890. The van der Waals surface area contributed by atoms with E-state index < -0.39 is 11.8 Å². The van der Waals surface area contributed by atoms with Gasteiger partial charge in [-0.15, -0.1) is 0 Å². The number of ether oxygens (including phenoxy) is 1. The summed E-state index contributed by atoms with van der Waals surface area (Å²) in [4.78, 5) is 27.2. The normalized spacial score (nSPS) is 17.8.